The van der Waals surface area contributed by atoms with Gasteiger partial charge in [0.1, 0.15) is 13.2 Å². The zero-order valence-corrected chi connectivity index (χ0v) is 10.6. The van der Waals surface area contributed by atoms with E-state index in [0.29, 0.717) is 26.3 Å². The van der Waals surface area contributed by atoms with Gasteiger partial charge in [-0.2, -0.15) is 0 Å². The lowest BCUT2D eigenvalue weighted by Crippen LogP contribution is -2.33. The number of nitrogens with one attached hydrogen (secondary N) is 2. The van der Waals surface area contributed by atoms with Crippen LogP contribution in [0.3, 0.4) is 0 Å². The zero-order chi connectivity index (χ0) is 13.5. The van der Waals surface area contributed by atoms with Gasteiger partial charge < -0.3 is 14.8 Å². The molecular formula is C14H16N2O3. The summed E-state index contributed by atoms with van der Waals surface area (Å²) >= 11 is 0. The Balaban J connectivity index is 1.83. The molecule has 0 bridgehead atoms. The van der Waals surface area contributed by atoms with E-state index in [4.69, 9.17) is 15.9 Å². The minimum Gasteiger partial charge on any atom is -0.486 e. The Morgan fingerprint density at radius 1 is 1.32 bits per heavy atom. The molecule has 1 aliphatic heterocycles. The van der Waals surface area contributed by atoms with E-state index in [1.54, 1.807) is 0 Å². The van der Waals surface area contributed by atoms with E-state index in [9.17, 15) is 4.79 Å². The number of ether oxygens (including phenoxy) is 2. The molecule has 2 N–H and O–H groups in total. The summed E-state index contributed by atoms with van der Waals surface area (Å²) in [5.74, 6) is 3.79. The predicted molar refractivity (Wildman–Crippen MR) is 71.0 cm³/mol. The molecule has 0 spiro atoms. The van der Waals surface area contributed by atoms with Crippen molar-refractivity contribution in [1.29, 1.82) is 0 Å². The molecule has 0 aromatic heterocycles. The topological polar surface area (TPSA) is 59.6 Å². The van der Waals surface area contributed by atoms with Gasteiger partial charge in [-0.25, -0.2) is 0 Å². The largest absolute Gasteiger partial charge is 0.486 e. The number of benzene rings is 1. The third kappa shape index (κ3) is 3.90. The van der Waals surface area contributed by atoms with Crippen LogP contribution in [0.15, 0.2) is 18.2 Å². The standard InChI is InChI=1S/C14H16N2O3/c1-2-5-15-10-14(17)16-9-11-3-4-12-13(8-11)19-7-6-18-12/h1,3-4,8,15H,5-7,9-10H2,(H,16,17). The van der Waals surface area contributed by atoms with Gasteiger partial charge in [-0.3, -0.25) is 10.1 Å². The summed E-state index contributed by atoms with van der Waals surface area (Å²) < 4.78 is 10.9. The van der Waals surface area contributed by atoms with Crippen molar-refractivity contribution in [1.82, 2.24) is 10.6 Å². The van der Waals surface area contributed by atoms with Crippen molar-refractivity contribution in [3.05, 3.63) is 23.8 Å². The van der Waals surface area contributed by atoms with Crippen molar-refractivity contribution < 1.29 is 14.3 Å². The number of hydrogen-bond donors (Lipinski definition) is 2. The maximum Gasteiger partial charge on any atom is 0.234 e. The van der Waals surface area contributed by atoms with Gasteiger partial charge in [-0.15, -0.1) is 6.42 Å². The Bertz CT molecular complexity index is 494. The SMILES string of the molecule is C#CCNCC(=O)NCc1ccc2c(c1)OCCO2. The molecule has 0 saturated carbocycles. The van der Waals surface area contributed by atoms with E-state index >= 15 is 0 Å². The monoisotopic (exact) mass is 260 g/mol. The number of fused-ring (bicyclic) bond motifs is 1. The first kappa shape index (κ1) is 13.2. The normalized spacial score (nSPS) is 12.6. The van der Waals surface area contributed by atoms with Gasteiger partial charge in [0.15, 0.2) is 11.5 Å². The number of rotatable bonds is 5. The van der Waals surface area contributed by atoms with Crippen LogP contribution < -0.4 is 20.1 Å². The molecule has 1 aromatic rings. The first-order valence-electron chi connectivity index (χ1n) is 6.09. The van der Waals surface area contributed by atoms with Crippen molar-refractivity contribution in [3.8, 4) is 23.8 Å². The Kier molecular flexibility index (Phi) is 4.65. The van der Waals surface area contributed by atoms with Gasteiger partial charge >= 0.3 is 0 Å². The summed E-state index contributed by atoms with van der Waals surface area (Å²) in [6.07, 6.45) is 5.07. The van der Waals surface area contributed by atoms with Crippen molar-refractivity contribution in [2.75, 3.05) is 26.3 Å². The van der Waals surface area contributed by atoms with Crippen LogP contribution in [0.2, 0.25) is 0 Å². The molecule has 5 heteroatoms. The molecule has 0 atom stereocenters. The molecule has 0 aliphatic carbocycles. The van der Waals surface area contributed by atoms with E-state index < -0.39 is 0 Å². The first-order valence-corrected chi connectivity index (χ1v) is 6.09. The van der Waals surface area contributed by atoms with Crippen molar-refractivity contribution in [3.63, 3.8) is 0 Å². The zero-order valence-electron chi connectivity index (χ0n) is 10.6. The molecule has 5 nitrogen and oxygen atoms in total. The third-order valence-electron chi connectivity index (χ3n) is 2.61. The van der Waals surface area contributed by atoms with Gasteiger partial charge in [0.05, 0.1) is 13.1 Å². The number of carbonyl (C=O) groups is 1. The Hall–Kier alpha value is -2.19. The fourth-order valence-corrected chi connectivity index (χ4v) is 1.71. The lowest BCUT2D eigenvalue weighted by molar-refractivity contribution is -0.120. The molecular weight excluding hydrogens is 244 g/mol. The second-order valence-corrected chi connectivity index (χ2v) is 4.06. The first-order chi connectivity index (χ1) is 9.29. The maximum atomic E-state index is 11.5. The van der Waals surface area contributed by atoms with Crippen LogP contribution in [0, 0.1) is 12.3 Å². The third-order valence-corrected chi connectivity index (χ3v) is 2.61. The Labute approximate surface area is 112 Å². The van der Waals surface area contributed by atoms with E-state index in [0.717, 1.165) is 17.1 Å². The van der Waals surface area contributed by atoms with Crippen LogP contribution >= 0.6 is 0 Å². The number of amides is 1. The van der Waals surface area contributed by atoms with E-state index in [2.05, 4.69) is 16.6 Å². The molecule has 1 heterocycles. The Morgan fingerprint density at radius 3 is 2.89 bits per heavy atom. The summed E-state index contributed by atoms with van der Waals surface area (Å²) in [5, 5.41) is 5.63. The van der Waals surface area contributed by atoms with Crippen LogP contribution in [-0.2, 0) is 11.3 Å². The van der Waals surface area contributed by atoms with Crippen LogP contribution in [0.4, 0.5) is 0 Å². The average Bonchev–Trinajstić information content (AvgIpc) is 2.45. The van der Waals surface area contributed by atoms with E-state index in [1.807, 2.05) is 18.2 Å². The smallest absolute Gasteiger partial charge is 0.234 e. The van der Waals surface area contributed by atoms with Gasteiger partial charge in [-0.1, -0.05) is 12.0 Å². The molecule has 100 valence electrons. The predicted octanol–water partition coefficient (Wildman–Crippen LogP) is 0.297. The van der Waals surface area contributed by atoms with Gasteiger partial charge in [0.25, 0.3) is 0 Å². The molecule has 19 heavy (non-hydrogen) atoms. The van der Waals surface area contributed by atoms with Gasteiger partial charge in [0, 0.05) is 6.54 Å². The molecule has 0 fully saturated rings. The number of carbonyl (C=O) groups excluding carboxylic acids is 1. The summed E-state index contributed by atoms with van der Waals surface area (Å²) in [4.78, 5) is 11.5. The van der Waals surface area contributed by atoms with Crippen LogP contribution in [0.25, 0.3) is 0 Å². The lowest BCUT2D eigenvalue weighted by Gasteiger charge is -2.19. The summed E-state index contributed by atoms with van der Waals surface area (Å²) in [5.41, 5.74) is 0.967. The highest BCUT2D eigenvalue weighted by molar-refractivity contribution is 5.78. The molecule has 0 unspecified atom stereocenters. The highest BCUT2D eigenvalue weighted by Crippen LogP contribution is 2.30. The minimum absolute atomic E-state index is 0.0925. The van der Waals surface area contributed by atoms with Crippen LogP contribution in [-0.4, -0.2) is 32.2 Å². The average molecular weight is 260 g/mol. The van der Waals surface area contributed by atoms with Crippen LogP contribution in [0.5, 0.6) is 11.5 Å². The summed E-state index contributed by atoms with van der Waals surface area (Å²) in [6, 6.07) is 5.64. The Morgan fingerprint density at radius 2 is 2.11 bits per heavy atom. The summed E-state index contributed by atoms with van der Waals surface area (Å²) in [6.45, 7) is 2.18. The van der Waals surface area contributed by atoms with Crippen molar-refractivity contribution in [2.45, 2.75) is 6.54 Å². The molecule has 0 radical (unpaired) electrons. The number of terminal acetylenes is 1. The molecule has 1 aromatic carbocycles. The molecule has 1 amide bonds. The fraction of sp³-hybridized carbons (Fsp3) is 0.357. The van der Waals surface area contributed by atoms with E-state index in [-0.39, 0.29) is 12.5 Å². The van der Waals surface area contributed by atoms with Crippen LogP contribution in [0.1, 0.15) is 5.56 Å². The second-order valence-electron chi connectivity index (χ2n) is 4.06. The van der Waals surface area contributed by atoms with Crippen molar-refractivity contribution in [2.24, 2.45) is 0 Å². The maximum absolute atomic E-state index is 11.5. The van der Waals surface area contributed by atoms with Crippen molar-refractivity contribution >= 4 is 5.91 Å². The highest BCUT2D eigenvalue weighted by atomic mass is 16.6. The summed E-state index contributed by atoms with van der Waals surface area (Å²) in [7, 11) is 0. The lowest BCUT2D eigenvalue weighted by atomic mass is 10.2. The van der Waals surface area contributed by atoms with E-state index in [1.165, 1.54) is 0 Å². The second kappa shape index (κ2) is 6.66. The minimum atomic E-state index is -0.0925. The molecule has 1 aliphatic rings. The van der Waals surface area contributed by atoms with Gasteiger partial charge in [-0.05, 0) is 17.7 Å². The number of hydrogen-bond acceptors (Lipinski definition) is 4. The molecule has 0 saturated heterocycles. The van der Waals surface area contributed by atoms with Gasteiger partial charge in [0.2, 0.25) is 5.91 Å². The quantitative estimate of drug-likeness (QED) is 0.590. The molecule has 2 rings (SSSR count). The highest BCUT2D eigenvalue weighted by Gasteiger charge is 2.11. The fourth-order valence-electron chi connectivity index (χ4n) is 1.71.